The summed E-state index contributed by atoms with van der Waals surface area (Å²) >= 11 is 0. The first-order valence-corrected chi connectivity index (χ1v) is 13.0. The maximum absolute atomic E-state index is 5.40. The minimum absolute atomic E-state index is 0.597. The zero-order valence-corrected chi connectivity index (χ0v) is 24.9. The number of rotatable bonds is 8. The molecule has 0 bridgehead atoms. The van der Waals surface area contributed by atoms with Gasteiger partial charge in [-0.05, 0) is 44.2 Å². The molecule has 0 N–H and O–H groups in total. The molecule has 0 unspecified atom stereocenters. The van der Waals surface area contributed by atoms with Gasteiger partial charge >= 0.3 is 0 Å². The fraction of sp³-hybridized carbons (Fsp3) is 0.517. The standard InChI is InChI=1S/C23H31N5O2.3C2H6/c1-16-22(17(2)28(5)25-16)23-20(12-13-21(24-23)30-7)27(4)15-14-26(3)18-8-10-19(29-6)11-9-18;3*1-2/h8-13H,14-15H2,1-7H3;3*1-2H3. The summed E-state index contributed by atoms with van der Waals surface area (Å²) in [4.78, 5) is 9.24. The van der Waals surface area contributed by atoms with E-state index in [0.717, 1.165) is 52.9 Å². The summed E-state index contributed by atoms with van der Waals surface area (Å²) in [6, 6.07) is 12.1. The first-order chi connectivity index (χ1) is 17.3. The van der Waals surface area contributed by atoms with Gasteiger partial charge in [-0.1, -0.05) is 41.5 Å². The molecule has 0 aliphatic heterocycles. The fourth-order valence-electron chi connectivity index (χ4n) is 3.54. The van der Waals surface area contributed by atoms with Gasteiger partial charge in [0.05, 0.1) is 25.6 Å². The Morgan fingerprint density at radius 2 is 1.33 bits per heavy atom. The number of nitrogens with zero attached hydrogens (tertiary/aromatic N) is 5. The molecule has 0 atom stereocenters. The lowest BCUT2D eigenvalue weighted by Gasteiger charge is -2.26. The molecule has 7 heteroatoms. The largest absolute Gasteiger partial charge is 0.497 e. The van der Waals surface area contributed by atoms with E-state index in [2.05, 4.69) is 54.1 Å². The van der Waals surface area contributed by atoms with Crippen LogP contribution in [0.4, 0.5) is 11.4 Å². The zero-order chi connectivity index (χ0) is 27.8. The van der Waals surface area contributed by atoms with E-state index in [4.69, 9.17) is 14.5 Å². The van der Waals surface area contributed by atoms with E-state index in [1.807, 2.05) is 78.4 Å². The molecule has 0 spiro atoms. The maximum atomic E-state index is 5.40. The van der Waals surface area contributed by atoms with Crippen LogP contribution in [0.3, 0.4) is 0 Å². The van der Waals surface area contributed by atoms with Gasteiger partial charge in [-0.2, -0.15) is 5.10 Å². The van der Waals surface area contributed by atoms with Gasteiger partial charge in [-0.25, -0.2) is 4.98 Å². The Kier molecular flexibility index (Phi) is 15.7. The second kappa shape index (κ2) is 17.2. The third kappa shape index (κ3) is 8.47. The molecule has 3 rings (SSSR count). The molecular weight excluding hydrogens is 450 g/mol. The molecule has 0 fully saturated rings. The third-order valence-corrected chi connectivity index (χ3v) is 5.50. The van der Waals surface area contributed by atoms with Gasteiger partial charge < -0.3 is 19.3 Å². The molecule has 0 saturated heterocycles. The van der Waals surface area contributed by atoms with Crippen LogP contribution in [0, 0.1) is 13.8 Å². The number of anilines is 2. The molecule has 7 nitrogen and oxygen atoms in total. The summed E-state index contributed by atoms with van der Waals surface area (Å²) < 4.78 is 12.5. The van der Waals surface area contributed by atoms with Crippen LogP contribution in [-0.2, 0) is 7.05 Å². The normalized spacial score (nSPS) is 9.47. The first kappa shape index (κ1) is 32.8. The smallest absolute Gasteiger partial charge is 0.213 e. The van der Waals surface area contributed by atoms with Crippen molar-refractivity contribution in [1.29, 1.82) is 0 Å². The van der Waals surface area contributed by atoms with E-state index < -0.39 is 0 Å². The Labute approximate surface area is 220 Å². The van der Waals surface area contributed by atoms with Crippen molar-refractivity contribution in [2.45, 2.75) is 55.4 Å². The van der Waals surface area contributed by atoms with Crippen molar-refractivity contribution in [3.8, 4) is 22.9 Å². The van der Waals surface area contributed by atoms with Crippen molar-refractivity contribution in [3.05, 3.63) is 47.8 Å². The molecule has 2 heterocycles. The lowest BCUT2D eigenvalue weighted by Crippen LogP contribution is -2.31. The third-order valence-electron chi connectivity index (χ3n) is 5.50. The van der Waals surface area contributed by atoms with Crippen LogP contribution in [0.1, 0.15) is 52.9 Å². The van der Waals surface area contributed by atoms with E-state index >= 15 is 0 Å². The number of hydrogen-bond acceptors (Lipinski definition) is 6. The number of aryl methyl sites for hydroxylation is 2. The van der Waals surface area contributed by atoms with Gasteiger partial charge in [0.1, 0.15) is 11.4 Å². The van der Waals surface area contributed by atoms with Crippen LogP contribution < -0.4 is 19.3 Å². The zero-order valence-electron chi connectivity index (χ0n) is 24.9. The molecule has 0 aliphatic rings. The van der Waals surface area contributed by atoms with Gasteiger partial charge in [0, 0.05) is 57.2 Å². The predicted molar refractivity (Wildman–Crippen MR) is 156 cm³/mol. The van der Waals surface area contributed by atoms with Gasteiger partial charge in [-0.15, -0.1) is 0 Å². The number of ether oxygens (including phenoxy) is 2. The fourth-order valence-corrected chi connectivity index (χ4v) is 3.54. The molecule has 202 valence electrons. The summed E-state index contributed by atoms with van der Waals surface area (Å²) in [5.74, 6) is 1.46. The Morgan fingerprint density at radius 3 is 1.81 bits per heavy atom. The van der Waals surface area contributed by atoms with Crippen LogP contribution in [-0.4, -0.2) is 56.2 Å². The van der Waals surface area contributed by atoms with Crippen molar-refractivity contribution in [3.63, 3.8) is 0 Å². The lowest BCUT2D eigenvalue weighted by atomic mass is 10.1. The number of hydrogen-bond donors (Lipinski definition) is 0. The van der Waals surface area contributed by atoms with Crippen molar-refractivity contribution < 1.29 is 9.47 Å². The van der Waals surface area contributed by atoms with Crippen LogP contribution in [0.15, 0.2) is 36.4 Å². The Morgan fingerprint density at radius 1 is 0.778 bits per heavy atom. The highest BCUT2D eigenvalue weighted by Crippen LogP contribution is 2.34. The Bertz CT molecular complexity index is 1000. The van der Waals surface area contributed by atoms with E-state index in [9.17, 15) is 0 Å². The van der Waals surface area contributed by atoms with Gasteiger partial charge in [-0.3, -0.25) is 4.68 Å². The van der Waals surface area contributed by atoms with Crippen LogP contribution >= 0.6 is 0 Å². The van der Waals surface area contributed by atoms with Crippen LogP contribution in [0.25, 0.3) is 11.3 Å². The average Bonchev–Trinajstić information content (AvgIpc) is 3.20. The highest BCUT2D eigenvalue weighted by Gasteiger charge is 2.20. The first-order valence-electron chi connectivity index (χ1n) is 13.0. The maximum Gasteiger partial charge on any atom is 0.213 e. The van der Waals surface area contributed by atoms with Crippen molar-refractivity contribution >= 4 is 11.4 Å². The molecule has 0 saturated carbocycles. The summed E-state index contributed by atoms with van der Waals surface area (Å²) in [6.07, 6.45) is 0. The van der Waals surface area contributed by atoms with Crippen LogP contribution in [0.5, 0.6) is 11.6 Å². The number of methoxy groups -OCH3 is 2. The second-order valence-electron chi connectivity index (χ2n) is 7.43. The minimum atomic E-state index is 0.597. The van der Waals surface area contributed by atoms with E-state index in [1.165, 1.54) is 0 Å². The predicted octanol–water partition coefficient (Wildman–Crippen LogP) is 6.77. The molecule has 3 aromatic rings. The molecule has 1 aromatic carbocycles. The molecule has 0 aliphatic carbocycles. The topological polar surface area (TPSA) is 55.6 Å². The summed E-state index contributed by atoms with van der Waals surface area (Å²) in [5, 5.41) is 4.57. The second-order valence-corrected chi connectivity index (χ2v) is 7.43. The molecule has 36 heavy (non-hydrogen) atoms. The monoisotopic (exact) mass is 499 g/mol. The van der Waals surface area contributed by atoms with Crippen LogP contribution in [0.2, 0.25) is 0 Å². The number of benzene rings is 1. The van der Waals surface area contributed by atoms with Crippen molar-refractivity contribution in [2.75, 3.05) is 51.2 Å². The van der Waals surface area contributed by atoms with E-state index in [1.54, 1.807) is 14.2 Å². The van der Waals surface area contributed by atoms with Gasteiger partial charge in [0.15, 0.2) is 0 Å². The summed E-state index contributed by atoms with van der Waals surface area (Å²) in [5.41, 5.74) is 6.20. The van der Waals surface area contributed by atoms with Gasteiger partial charge in [0.25, 0.3) is 0 Å². The molecule has 0 amide bonds. The van der Waals surface area contributed by atoms with Crippen molar-refractivity contribution in [2.24, 2.45) is 7.05 Å². The quantitative estimate of drug-likeness (QED) is 0.341. The Hall–Kier alpha value is -3.22. The van der Waals surface area contributed by atoms with E-state index in [0.29, 0.717) is 5.88 Å². The molecule has 2 aromatic heterocycles. The minimum Gasteiger partial charge on any atom is -0.497 e. The molecule has 0 radical (unpaired) electrons. The van der Waals surface area contributed by atoms with Gasteiger partial charge in [0.2, 0.25) is 5.88 Å². The van der Waals surface area contributed by atoms with E-state index in [-0.39, 0.29) is 0 Å². The lowest BCUT2D eigenvalue weighted by molar-refractivity contribution is 0.398. The highest BCUT2D eigenvalue weighted by molar-refractivity contribution is 5.78. The number of likely N-dealkylation sites (N-methyl/N-ethyl adjacent to an activating group) is 2. The van der Waals surface area contributed by atoms with Crippen molar-refractivity contribution in [1.82, 2.24) is 14.8 Å². The summed E-state index contributed by atoms with van der Waals surface area (Å²) in [7, 11) is 9.47. The summed E-state index contributed by atoms with van der Waals surface area (Å²) in [6.45, 7) is 17.8. The highest BCUT2D eigenvalue weighted by atomic mass is 16.5. The SMILES string of the molecule is CC.CC.CC.COc1ccc(N(C)CCN(C)c2ccc(OC)nc2-c2c(C)nn(C)c2C)cc1. The molecular formula is C29H49N5O2. The average molecular weight is 500 g/mol. The number of aromatic nitrogens is 3. The Balaban J connectivity index is 0.00000190. The number of pyridine rings is 1.